The number of carboxylic acids is 1. The molecule has 154 valence electrons. The van der Waals surface area contributed by atoms with Gasteiger partial charge in [-0.1, -0.05) is 24.3 Å². The molecule has 3 atom stereocenters. The fourth-order valence-corrected chi connectivity index (χ4v) is 3.92. The highest BCUT2D eigenvalue weighted by Gasteiger charge is 2.53. The molecule has 1 aromatic rings. The topological polar surface area (TPSA) is 72.9 Å². The normalized spacial score (nSPS) is 23.9. The van der Waals surface area contributed by atoms with Gasteiger partial charge in [-0.15, -0.1) is 0 Å². The van der Waals surface area contributed by atoms with Gasteiger partial charge >= 0.3 is 18.2 Å². The highest BCUT2D eigenvalue weighted by atomic mass is 19.4. The third kappa shape index (κ3) is 4.40. The van der Waals surface area contributed by atoms with Gasteiger partial charge in [0.15, 0.2) is 0 Å². The Hall–Kier alpha value is -2.29. The lowest BCUT2D eigenvalue weighted by atomic mass is 9.96. The van der Waals surface area contributed by atoms with E-state index in [4.69, 9.17) is 5.11 Å². The molecule has 2 aliphatic heterocycles. The first kappa shape index (κ1) is 20.4. The standard InChI is InChI=1S/C19H24F3N3O3/c1-12(24-7-6-13-4-2-3-5-14(13)9-24)8-23-18(28)25-10-15(17(26)27)16(11-25)19(20,21)22/h2-5,12,15-16H,6-11H2,1H3,(H,23,28)(H,26,27)/t12?,15-,16-/m1/s1. The second-order valence-corrected chi connectivity index (χ2v) is 7.52. The Morgan fingerprint density at radius 2 is 1.93 bits per heavy atom. The summed E-state index contributed by atoms with van der Waals surface area (Å²) in [5, 5.41) is 11.7. The smallest absolute Gasteiger partial charge is 0.394 e. The van der Waals surface area contributed by atoms with Crippen molar-refractivity contribution in [2.75, 3.05) is 26.2 Å². The lowest BCUT2D eigenvalue weighted by molar-refractivity contribution is -0.187. The van der Waals surface area contributed by atoms with Gasteiger partial charge in [-0.25, -0.2) is 4.79 Å². The number of rotatable bonds is 4. The van der Waals surface area contributed by atoms with Gasteiger partial charge in [0.2, 0.25) is 0 Å². The van der Waals surface area contributed by atoms with E-state index in [9.17, 15) is 22.8 Å². The molecule has 2 N–H and O–H groups in total. The minimum Gasteiger partial charge on any atom is -0.481 e. The lowest BCUT2D eigenvalue weighted by Crippen LogP contribution is -2.47. The van der Waals surface area contributed by atoms with Gasteiger partial charge in [-0.2, -0.15) is 13.2 Å². The molecule has 28 heavy (non-hydrogen) atoms. The Morgan fingerprint density at radius 1 is 1.25 bits per heavy atom. The summed E-state index contributed by atoms with van der Waals surface area (Å²) in [6.07, 6.45) is -3.74. The predicted octanol–water partition coefficient (Wildman–Crippen LogP) is 2.34. The molecule has 0 bridgehead atoms. The fraction of sp³-hybridized carbons (Fsp3) is 0.579. The molecule has 1 saturated heterocycles. The number of fused-ring (bicyclic) bond motifs is 1. The Labute approximate surface area is 161 Å². The number of likely N-dealkylation sites (tertiary alicyclic amines) is 1. The Morgan fingerprint density at radius 3 is 2.54 bits per heavy atom. The molecule has 2 aliphatic rings. The average molecular weight is 399 g/mol. The molecular weight excluding hydrogens is 375 g/mol. The van der Waals surface area contributed by atoms with Crippen molar-refractivity contribution in [2.24, 2.45) is 11.8 Å². The number of carboxylic acid groups (broad SMARTS) is 1. The molecule has 0 radical (unpaired) electrons. The van der Waals surface area contributed by atoms with Crippen molar-refractivity contribution in [3.63, 3.8) is 0 Å². The van der Waals surface area contributed by atoms with Crippen LogP contribution in [0.5, 0.6) is 0 Å². The van der Waals surface area contributed by atoms with Crippen molar-refractivity contribution in [1.82, 2.24) is 15.1 Å². The molecule has 6 nitrogen and oxygen atoms in total. The number of alkyl halides is 3. The van der Waals surface area contributed by atoms with Crippen LogP contribution >= 0.6 is 0 Å². The van der Waals surface area contributed by atoms with E-state index in [-0.39, 0.29) is 12.6 Å². The van der Waals surface area contributed by atoms with Gasteiger partial charge in [0.05, 0.1) is 11.8 Å². The quantitative estimate of drug-likeness (QED) is 0.815. The van der Waals surface area contributed by atoms with Crippen LogP contribution in [0.4, 0.5) is 18.0 Å². The number of nitrogens with zero attached hydrogens (tertiary/aromatic N) is 2. The van der Waals surface area contributed by atoms with E-state index in [1.807, 2.05) is 19.1 Å². The van der Waals surface area contributed by atoms with Crippen molar-refractivity contribution < 1.29 is 27.9 Å². The van der Waals surface area contributed by atoms with Crippen LogP contribution in [0, 0.1) is 11.8 Å². The zero-order valence-corrected chi connectivity index (χ0v) is 15.6. The van der Waals surface area contributed by atoms with Crippen LogP contribution in [-0.4, -0.2) is 65.3 Å². The Balaban J connectivity index is 1.53. The van der Waals surface area contributed by atoms with Crippen molar-refractivity contribution in [2.45, 2.75) is 32.1 Å². The second-order valence-electron chi connectivity index (χ2n) is 7.52. The molecule has 0 saturated carbocycles. The van der Waals surface area contributed by atoms with Gasteiger partial charge in [0.1, 0.15) is 0 Å². The van der Waals surface area contributed by atoms with E-state index in [0.29, 0.717) is 0 Å². The molecule has 2 heterocycles. The lowest BCUT2D eigenvalue weighted by Gasteiger charge is -2.34. The molecule has 9 heteroatoms. The molecule has 1 aromatic carbocycles. The number of urea groups is 1. The van der Waals surface area contributed by atoms with E-state index in [0.717, 1.165) is 24.4 Å². The number of aliphatic carboxylic acids is 1. The van der Waals surface area contributed by atoms with Crippen LogP contribution in [0.25, 0.3) is 0 Å². The van der Waals surface area contributed by atoms with E-state index < -0.39 is 43.1 Å². The maximum atomic E-state index is 13.1. The molecular formula is C19H24F3N3O3. The number of carbonyl (C=O) groups excluding carboxylic acids is 1. The first-order chi connectivity index (χ1) is 13.2. The maximum Gasteiger partial charge on any atom is 0.394 e. The number of nitrogens with one attached hydrogen (secondary N) is 1. The number of hydrogen-bond acceptors (Lipinski definition) is 3. The van der Waals surface area contributed by atoms with Crippen LogP contribution in [0.15, 0.2) is 24.3 Å². The van der Waals surface area contributed by atoms with Crippen molar-refractivity contribution in [1.29, 1.82) is 0 Å². The summed E-state index contributed by atoms with van der Waals surface area (Å²) in [6.45, 7) is 2.78. The van der Waals surface area contributed by atoms with Crippen molar-refractivity contribution in [3.05, 3.63) is 35.4 Å². The van der Waals surface area contributed by atoms with Crippen LogP contribution in [0.2, 0.25) is 0 Å². The van der Waals surface area contributed by atoms with E-state index in [1.165, 1.54) is 11.1 Å². The fourth-order valence-electron chi connectivity index (χ4n) is 3.92. The predicted molar refractivity (Wildman–Crippen MR) is 95.7 cm³/mol. The summed E-state index contributed by atoms with van der Waals surface area (Å²) in [7, 11) is 0. The molecule has 0 aliphatic carbocycles. The summed E-state index contributed by atoms with van der Waals surface area (Å²) >= 11 is 0. The van der Waals surface area contributed by atoms with Crippen LogP contribution < -0.4 is 5.32 Å². The van der Waals surface area contributed by atoms with Gasteiger partial charge in [-0.3, -0.25) is 9.69 Å². The minimum absolute atomic E-state index is 0.00796. The SMILES string of the molecule is CC(CNC(=O)N1C[C@@H](C(F)(F)F)[C@H](C(=O)O)C1)N1CCc2ccccc2C1. The number of amides is 2. The molecule has 1 fully saturated rings. The van der Waals surface area contributed by atoms with Crippen LogP contribution in [0.3, 0.4) is 0 Å². The zero-order valence-electron chi connectivity index (χ0n) is 15.6. The molecule has 2 amide bonds. The largest absolute Gasteiger partial charge is 0.481 e. The first-order valence-electron chi connectivity index (χ1n) is 9.30. The van der Waals surface area contributed by atoms with Gasteiger partial charge < -0.3 is 15.3 Å². The Kier molecular flexibility index (Phi) is 5.83. The summed E-state index contributed by atoms with van der Waals surface area (Å²) in [4.78, 5) is 26.6. The zero-order chi connectivity index (χ0) is 20.5. The van der Waals surface area contributed by atoms with Crippen LogP contribution in [-0.2, 0) is 17.8 Å². The van der Waals surface area contributed by atoms with Gasteiger partial charge in [-0.05, 0) is 24.5 Å². The number of carbonyl (C=O) groups is 2. The molecule has 1 unspecified atom stereocenters. The highest BCUT2D eigenvalue weighted by molar-refractivity contribution is 5.77. The van der Waals surface area contributed by atoms with Gasteiger partial charge in [0, 0.05) is 38.8 Å². The second kappa shape index (κ2) is 7.98. The van der Waals surface area contributed by atoms with Crippen molar-refractivity contribution in [3.8, 4) is 0 Å². The van der Waals surface area contributed by atoms with Gasteiger partial charge in [0.25, 0.3) is 0 Å². The number of hydrogen-bond donors (Lipinski definition) is 2. The maximum absolute atomic E-state index is 13.1. The monoisotopic (exact) mass is 399 g/mol. The third-order valence-electron chi connectivity index (χ3n) is 5.68. The number of benzene rings is 1. The molecule has 0 spiro atoms. The summed E-state index contributed by atoms with van der Waals surface area (Å²) in [5.74, 6) is -5.19. The Bertz CT molecular complexity index is 741. The number of halogens is 3. The van der Waals surface area contributed by atoms with Crippen LogP contribution in [0.1, 0.15) is 18.1 Å². The summed E-state index contributed by atoms with van der Waals surface area (Å²) < 4.78 is 39.2. The summed E-state index contributed by atoms with van der Waals surface area (Å²) in [5.41, 5.74) is 2.55. The minimum atomic E-state index is -4.65. The molecule has 0 aromatic heterocycles. The first-order valence-corrected chi connectivity index (χ1v) is 9.30. The summed E-state index contributed by atoms with van der Waals surface area (Å²) in [6, 6.07) is 7.52. The average Bonchev–Trinajstić information content (AvgIpc) is 3.12. The highest BCUT2D eigenvalue weighted by Crippen LogP contribution is 2.37. The van der Waals surface area contributed by atoms with E-state index >= 15 is 0 Å². The van der Waals surface area contributed by atoms with E-state index in [2.05, 4.69) is 22.3 Å². The molecule has 3 rings (SSSR count). The van der Waals surface area contributed by atoms with Crippen molar-refractivity contribution >= 4 is 12.0 Å². The van der Waals surface area contributed by atoms with E-state index in [1.54, 1.807) is 0 Å². The third-order valence-corrected chi connectivity index (χ3v) is 5.68.